The average Bonchev–Trinajstić information content (AvgIpc) is 2.98. The van der Waals surface area contributed by atoms with Crippen LogP contribution in [0.3, 0.4) is 0 Å². The zero-order valence-electron chi connectivity index (χ0n) is 11.9. The van der Waals surface area contributed by atoms with Gasteiger partial charge >= 0.3 is 6.61 Å². The van der Waals surface area contributed by atoms with E-state index in [9.17, 15) is 13.6 Å². The van der Waals surface area contributed by atoms with Crippen LogP contribution < -0.4 is 10.1 Å². The fourth-order valence-corrected chi connectivity index (χ4v) is 1.92. The van der Waals surface area contributed by atoms with Crippen LogP contribution in [0.25, 0.3) is 0 Å². The number of nitrogens with zero attached hydrogens (tertiary/aromatic N) is 3. The summed E-state index contributed by atoms with van der Waals surface area (Å²) < 4.78 is 30.3. The monoisotopic (exact) mass is 310 g/mol. The molecule has 0 saturated carbocycles. The maximum Gasteiger partial charge on any atom is 0.387 e. The molecule has 22 heavy (non-hydrogen) atoms. The van der Waals surface area contributed by atoms with Crippen molar-refractivity contribution in [1.29, 1.82) is 0 Å². The van der Waals surface area contributed by atoms with Crippen LogP contribution in [0.4, 0.5) is 8.78 Å². The highest BCUT2D eigenvalue weighted by atomic mass is 19.3. The standard InChI is InChI=1S/C14H16F2N4O2/c1-10(11-3-2-4-12(7-11)22-14(15)16)19-13(21)5-6-20-9-17-8-18-20/h2-4,7-10,14H,5-6H2,1H3,(H,19,21)/t10-/m0/s1. The zero-order chi connectivity index (χ0) is 15.9. The van der Waals surface area contributed by atoms with Crippen molar-refractivity contribution in [3.8, 4) is 5.75 Å². The van der Waals surface area contributed by atoms with E-state index < -0.39 is 6.61 Å². The molecule has 2 rings (SSSR count). The van der Waals surface area contributed by atoms with Crippen LogP contribution in [0.5, 0.6) is 5.75 Å². The Morgan fingerprint density at radius 1 is 1.45 bits per heavy atom. The van der Waals surface area contributed by atoms with Crippen LogP contribution in [0.2, 0.25) is 0 Å². The molecule has 1 aromatic heterocycles. The third kappa shape index (κ3) is 4.80. The Balaban J connectivity index is 1.88. The van der Waals surface area contributed by atoms with Crippen LogP contribution in [0.1, 0.15) is 24.9 Å². The van der Waals surface area contributed by atoms with Crippen molar-refractivity contribution in [3.05, 3.63) is 42.5 Å². The number of alkyl halides is 2. The zero-order valence-corrected chi connectivity index (χ0v) is 11.9. The molecule has 1 N–H and O–H groups in total. The minimum atomic E-state index is -2.87. The number of hydrogen-bond donors (Lipinski definition) is 1. The summed E-state index contributed by atoms with van der Waals surface area (Å²) in [4.78, 5) is 15.6. The minimum Gasteiger partial charge on any atom is -0.435 e. The summed E-state index contributed by atoms with van der Waals surface area (Å²) in [6, 6.07) is 5.94. The van der Waals surface area contributed by atoms with Gasteiger partial charge in [0.25, 0.3) is 0 Å². The normalized spacial score (nSPS) is 12.2. The van der Waals surface area contributed by atoms with Gasteiger partial charge in [-0.15, -0.1) is 0 Å². The van der Waals surface area contributed by atoms with Crippen LogP contribution >= 0.6 is 0 Å². The predicted molar refractivity (Wildman–Crippen MR) is 74.3 cm³/mol. The summed E-state index contributed by atoms with van der Waals surface area (Å²) in [5, 5.41) is 6.70. The maximum absolute atomic E-state index is 12.2. The van der Waals surface area contributed by atoms with E-state index in [2.05, 4.69) is 20.1 Å². The average molecular weight is 310 g/mol. The molecular formula is C14H16F2N4O2. The molecule has 0 bridgehead atoms. The second kappa shape index (κ2) is 7.48. The van der Waals surface area contributed by atoms with E-state index in [-0.39, 0.29) is 24.1 Å². The lowest BCUT2D eigenvalue weighted by atomic mass is 10.1. The molecule has 1 heterocycles. The first-order valence-electron chi connectivity index (χ1n) is 6.71. The number of ether oxygens (including phenoxy) is 1. The van der Waals surface area contributed by atoms with Crippen molar-refractivity contribution in [2.24, 2.45) is 0 Å². The van der Waals surface area contributed by atoms with Crippen molar-refractivity contribution in [3.63, 3.8) is 0 Å². The highest BCUT2D eigenvalue weighted by Crippen LogP contribution is 2.20. The molecule has 118 valence electrons. The van der Waals surface area contributed by atoms with E-state index >= 15 is 0 Å². The van der Waals surface area contributed by atoms with Crippen LogP contribution in [0, 0.1) is 0 Å². The Morgan fingerprint density at radius 3 is 2.95 bits per heavy atom. The van der Waals surface area contributed by atoms with Crippen molar-refractivity contribution < 1.29 is 18.3 Å². The number of benzene rings is 1. The molecule has 6 nitrogen and oxygen atoms in total. The topological polar surface area (TPSA) is 69.0 Å². The number of aryl methyl sites for hydroxylation is 1. The molecule has 0 aliphatic carbocycles. The lowest BCUT2D eigenvalue weighted by molar-refractivity contribution is -0.122. The maximum atomic E-state index is 12.2. The van der Waals surface area contributed by atoms with Crippen molar-refractivity contribution in [2.75, 3.05) is 0 Å². The molecule has 1 aromatic carbocycles. The van der Waals surface area contributed by atoms with Gasteiger partial charge in [0.1, 0.15) is 18.4 Å². The number of rotatable bonds is 7. The Bertz CT molecular complexity index is 605. The molecule has 0 aliphatic heterocycles. The van der Waals surface area contributed by atoms with E-state index in [0.29, 0.717) is 12.1 Å². The van der Waals surface area contributed by atoms with Gasteiger partial charge in [0.15, 0.2) is 0 Å². The van der Waals surface area contributed by atoms with Gasteiger partial charge in [0.2, 0.25) is 5.91 Å². The lowest BCUT2D eigenvalue weighted by Gasteiger charge is -2.15. The molecule has 0 fully saturated rings. The Morgan fingerprint density at radius 2 is 2.27 bits per heavy atom. The molecule has 0 saturated heterocycles. The fraction of sp³-hybridized carbons (Fsp3) is 0.357. The number of aromatic nitrogens is 3. The quantitative estimate of drug-likeness (QED) is 0.851. The molecule has 0 aliphatic rings. The Kier molecular flexibility index (Phi) is 5.40. The van der Waals surface area contributed by atoms with Crippen molar-refractivity contribution in [2.45, 2.75) is 32.5 Å². The van der Waals surface area contributed by atoms with Gasteiger partial charge in [0, 0.05) is 6.42 Å². The fourth-order valence-electron chi connectivity index (χ4n) is 1.92. The number of hydrogen-bond acceptors (Lipinski definition) is 4. The molecule has 2 aromatic rings. The highest BCUT2D eigenvalue weighted by Gasteiger charge is 2.12. The smallest absolute Gasteiger partial charge is 0.387 e. The molecule has 1 atom stereocenters. The van der Waals surface area contributed by atoms with Crippen molar-refractivity contribution in [1.82, 2.24) is 20.1 Å². The van der Waals surface area contributed by atoms with E-state index in [0.717, 1.165) is 0 Å². The lowest BCUT2D eigenvalue weighted by Crippen LogP contribution is -2.27. The molecule has 0 radical (unpaired) electrons. The third-order valence-electron chi connectivity index (χ3n) is 3.00. The summed E-state index contributed by atoms with van der Waals surface area (Å²) in [5.41, 5.74) is 0.687. The first-order chi connectivity index (χ1) is 10.5. The van der Waals surface area contributed by atoms with Gasteiger partial charge in [0.05, 0.1) is 12.6 Å². The summed E-state index contributed by atoms with van der Waals surface area (Å²) in [5.74, 6) is -0.0978. The summed E-state index contributed by atoms with van der Waals surface area (Å²) in [6.07, 6.45) is 3.18. The molecule has 0 unspecified atom stereocenters. The molecule has 1 amide bonds. The Hall–Kier alpha value is -2.51. The van der Waals surface area contributed by atoms with Gasteiger partial charge < -0.3 is 10.1 Å². The van der Waals surface area contributed by atoms with E-state index in [4.69, 9.17) is 0 Å². The number of carbonyl (C=O) groups is 1. The molecule has 0 spiro atoms. The van der Waals surface area contributed by atoms with Gasteiger partial charge in [-0.25, -0.2) is 4.98 Å². The second-order valence-corrected chi connectivity index (χ2v) is 4.65. The van der Waals surface area contributed by atoms with Crippen molar-refractivity contribution >= 4 is 5.91 Å². The van der Waals surface area contributed by atoms with Crippen LogP contribution in [-0.2, 0) is 11.3 Å². The summed E-state index contributed by atoms with van der Waals surface area (Å²) in [6.45, 7) is -0.676. The second-order valence-electron chi connectivity index (χ2n) is 4.65. The third-order valence-corrected chi connectivity index (χ3v) is 3.00. The van der Waals surface area contributed by atoms with Crippen LogP contribution in [0.15, 0.2) is 36.9 Å². The van der Waals surface area contributed by atoms with Gasteiger partial charge in [-0.05, 0) is 24.6 Å². The Labute approximate surface area is 126 Å². The van der Waals surface area contributed by atoms with E-state index in [1.165, 1.54) is 24.8 Å². The minimum absolute atomic E-state index is 0.0659. The number of amides is 1. The highest BCUT2D eigenvalue weighted by molar-refractivity contribution is 5.76. The number of nitrogens with one attached hydrogen (secondary N) is 1. The summed E-state index contributed by atoms with van der Waals surface area (Å²) >= 11 is 0. The first-order valence-corrected chi connectivity index (χ1v) is 6.71. The van der Waals surface area contributed by atoms with Crippen LogP contribution in [-0.4, -0.2) is 27.3 Å². The van der Waals surface area contributed by atoms with Gasteiger partial charge in [-0.3, -0.25) is 9.48 Å². The molecular weight excluding hydrogens is 294 g/mol. The summed E-state index contributed by atoms with van der Waals surface area (Å²) in [7, 11) is 0. The first kappa shape index (κ1) is 15.9. The van der Waals surface area contributed by atoms with Gasteiger partial charge in [-0.1, -0.05) is 12.1 Å². The van der Waals surface area contributed by atoms with E-state index in [1.807, 2.05) is 0 Å². The van der Waals surface area contributed by atoms with E-state index in [1.54, 1.807) is 23.7 Å². The number of halogens is 2. The number of carbonyl (C=O) groups excluding carboxylic acids is 1. The largest absolute Gasteiger partial charge is 0.435 e. The molecule has 8 heteroatoms. The predicted octanol–water partition coefficient (Wildman–Crippen LogP) is 2.15. The van der Waals surface area contributed by atoms with Gasteiger partial charge in [-0.2, -0.15) is 13.9 Å². The SMILES string of the molecule is C[C@H](NC(=O)CCn1cncn1)c1cccc(OC(F)F)c1.